The summed E-state index contributed by atoms with van der Waals surface area (Å²) in [5.74, 6) is 2.12. The number of hydrogen-bond donors (Lipinski definition) is 1. The molecule has 4 nitrogen and oxygen atoms in total. The zero-order valence-corrected chi connectivity index (χ0v) is 14.3. The van der Waals surface area contributed by atoms with Crippen LogP contribution < -0.4 is 5.32 Å². The number of rotatable bonds is 5. The lowest BCUT2D eigenvalue weighted by molar-refractivity contribution is -0.134. The van der Waals surface area contributed by atoms with Gasteiger partial charge in [-0.3, -0.25) is 15.0 Å². The van der Waals surface area contributed by atoms with E-state index in [4.69, 9.17) is 0 Å². The van der Waals surface area contributed by atoms with Crippen LogP contribution in [0.5, 0.6) is 0 Å². The van der Waals surface area contributed by atoms with Crippen molar-refractivity contribution in [3.8, 4) is 0 Å². The number of amides is 1. The molecular weight excluding hydrogens is 306 g/mol. The van der Waals surface area contributed by atoms with Gasteiger partial charge in [0.2, 0.25) is 5.91 Å². The van der Waals surface area contributed by atoms with E-state index in [-0.39, 0.29) is 6.04 Å². The molecule has 2 saturated heterocycles. The Bertz CT molecular complexity index is 520. The van der Waals surface area contributed by atoms with E-state index in [0.29, 0.717) is 5.91 Å². The Labute approximate surface area is 142 Å². The molecule has 0 radical (unpaired) electrons. The number of nitrogens with zero attached hydrogens (tertiary/aromatic N) is 2. The molecule has 3 rings (SSSR count). The SMILES string of the molecule is O=C(C1CSCN1)N1CCN(CC/C=C/c2ccccc2)CC1. The van der Waals surface area contributed by atoms with Gasteiger partial charge >= 0.3 is 0 Å². The number of nitrogens with one attached hydrogen (secondary N) is 1. The average Bonchev–Trinajstić information content (AvgIpc) is 3.14. The molecule has 0 saturated carbocycles. The van der Waals surface area contributed by atoms with E-state index in [1.807, 2.05) is 22.7 Å². The topological polar surface area (TPSA) is 35.6 Å². The molecule has 124 valence electrons. The first-order valence-corrected chi connectivity index (χ1v) is 9.52. The molecule has 2 aliphatic rings. The van der Waals surface area contributed by atoms with Crippen molar-refractivity contribution in [2.75, 3.05) is 44.4 Å². The smallest absolute Gasteiger partial charge is 0.240 e. The normalized spacial score (nSPS) is 22.8. The van der Waals surface area contributed by atoms with Crippen molar-refractivity contribution in [1.82, 2.24) is 15.1 Å². The molecular formula is C18H25N3OS. The zero-order valence-electron chi connectivity index (χ0n) is 13.5. The van der Waals surface area contributed by atoms with Gasteiger partial charge in [0.05, 0.1) is 6.04 Å². The Balaban J connectivity index is 1.36. The summed E-state index contributed by atoms with van der Waals surface area (Å²) in [5.41, 5.74) is 1.25. The largest absolute Gasteiger partial charge is 0.339 e. The van der Waals surface area contributed by atoms with Crippen molar-refractivity contribution in [3.63, 3.8) is 0 Å². The lowest BCUT2D eigenvalue weighted by Crippen LogP contribution is -2.53. The maximum atomic E-state index is 12.3. The summed E-state index contributed by atoms with van der Waals surface area (Å²) >= 11 is 1.81. The molecule has 1 amide bonds. The number of carbonyl (C=O) groups excluding carboxylic acids is 1. The number of piperazine rings is 1. The number of thioether (sulfide) groups is 1. The number of carbonyl (C=O) groups is 1. The highest BCUT2D eigenvalue weighted by Gasteiger charge is 2.29. The lowest BCUT2D eigenvalue weighted by Gasteiger charge is -2.35. The second-order valence-electron chi connectivity index (χ2n) is 6.04. The van der Waals surface area contributed by atoms with E-state index in [1.165, 1.54) is 5.56 Å². The Kier molecular flexibility index (Phi) is 6.13. The van der Waals surface area contributed by atoms with Crippen LogP contribution in [-0.4, -0.2) is 66.1 Å². The van der Waals surface area contributed by atoms with Crippen LogP contribution in [0.1, 0.15) is 12.0 Å². The maximum Gasteiger partial charge on any atom is 0.240 e. The molecule has 1 aromatic rings. The van der Waals surface area contributed by atoms with E-state index in [9.17, 15) is 4.79 Å². The highest BCUT2D eigenvalue weighted by atomic mass is 32.2. The molecule has 0 aromatic heterocycles. The summed E-state index contributed by atoms with van der Waals surface area (Å²) in [7, 11) is 0. The Morgan fingerprint density at radius 1 is 1.22 bits per heavy atom. The van der Waals surface area contributed by atoms with E-state index >= 15 is 0 Å². The molecule has 23 heavy (non-hydrogen) atoms. The van der Waals surface area contributed by atoms with Gasteiger partial charge in [-0.1, -0.05) is 42.5 Å². The van der Waals surface area contributed by atoms with Gasteiger partial charge in [0, 0.05) is 44.4 Å². The van der Waals surface area contributed by atoms with Crippen molar-refractivity contribution < 1.29 is 4.79 Å². The van der Waals surface area contributed by atoms with Crippen molar-refractivity contribution in [3.05, 3.63) is 42.0 Å². The molecule has 1 N–H and O–H groups in total. The molecule has 0 bridgehead atoms. The quantitative estimate of drug-likeness (QED) is 0.894. The van der Waals surface area contributed by atoms with Crippen LogP contribution >= 0.6 is 11.8 Å². The Morgan fingerprint density at radius 2 is 2.00 bits per heavy atom. The van der Waals surface area contributed by atoms with Gasteiger partial charge in [0.25, 0.3) is 0 Å². The summed E-state index contributed by atoms with van der Waals surface area (Å²) in [6.07, 6.45) is 5.49. The third-order valence-corrected chi connectivity index (χ3v) is 5.36. The van der Waals surface area contributed by atoms with Gasteiger partial charge in [0.15, 0.2) is 0 Å². The predicted octanol–water partition coefficient (Wildman–Crippen LogP) is 1.90. The number of benzene rings is 1. The zero-order chi connectivity index (χ0) is 15.9. The molecule has 1 aromatic carbocycles. The minimum atomic E-state index is 0.0420. The van der Waals surface area contributed by atoms with Crippen molar-refractivity contribution >= 4 is 23.7 Å². The summed E-state index contributed by atoms with van der Waals surface area (Å²) < 4.78 is 0. The van der Waals surface area contributed by atoms with Crippen LogP contribution in [0.3, 0.4) is 0 Å². The van der Waals surface area contributed by atoms with Crippen LogP contribution in [0.15, 0.2) is 36.4 Å². The van der Waals surface area contributed by atoms with Crippen LogP contribution in [-0.2, 0) is 4.79 Å². The molecule has 2 aliphatic heterocycles. The van der Waals surface area contributed by atoms with E-state index in [1.54, 1.807) is 0 Å². The average molecular weight is 331 g/mol. The fourth-order valence-electron chi connectivity index (χ4n) is 3.01. The van der Waals surface area contributed by atoms with Crippen LogP contribution in [0.25, 0.3) is 6.08 Å². The summed E-state index contributed by atoms with van der Waals surface area (Å²) in [4.78, 5) is 16.8. The van der Waals surface area contributed by atoms with Crippen molar-refractivity contribution in [1.29, 1.82) is 0 Å². The summed E-state index contributed by atoms with van der Waals surface area (Å²) in [6, 6.07) is 10.5. The fraction of sp³-hybridized carbons (Fsp3) is 0.500. The van der Waals surface area contributed by atoms with Gasteiger partial charge in [-0.15, -0.1) is 11.8 Å². The first kappa shape index (κ1) is 16.6. The lowest BCUT2D eigenvalue weighted by atomic mass is 10.2. The Hall–Kier alpha value is -1.30. The minimum absolute atomic E-state index is 0.0420. The maximum absolute atomic E-state index is 12.3. The molecule has 2 fully saturated rings. The van der Waals surface area contributed by atoms with Gasteiger partial charge in [-0.2, -0.15) is 0 Å². The third-order valence-electron chi connectivity index (χ3n) is 4.42. The Morgan fingerprint density at radius 3 is 2.70 bits per heavy atom. The van der Waals surface area contributed by atoms with Gasteiger partial charge in [-0.05, 0) is 12.0 Å². The summed E-state index contributed by atoms with van der Waals surface area (Å²) in [6.45, 7) is 4.78. The molecule has 1 atom stereocenters. The molecule has 5 heteroatoms. The monoisotopic (exact) mass is 331 g/mol. The molecule has 2 heterocycles. The molecule has 0 spiro atoms. The van der Waals surface area contributed by atoms with Gasteiger partial charge in [0.1, 0.15) is 0 Å². The van der Waals surface area contributed by atoms with Crippen LogP contribution in [0.2, 0.25) is 0 Å². The van der Waals surface area contributed by atoms with Gasteiger partial charge in [-0.25, -0.2) is 0 Å². The van der Waals surface area contributed by atoms with E-state index in [2.05, 4.69) is 46.6 Å². The second-order valence-corrected chi connectivity index (χ2v) is 7.07. The van der Waals surface area contributed by atoms with Crippen LogP contribution in [0.4, 0.5) is 0 Å². The molecule has 1 unspecified atom stereocenters. The van der Waals surface area contributed by atoms with Crippen molar-refractivity contribution in [2.45, 2.75) is 12.5 Å². The predicted molar refractivity (Wildman–Crippen MR) is 97.4 cm³/mol. The molecule has 0 aliphatic carbocycles. The fourth-order valence-corrected chi connectivity index (χ4v) is 3.94. The first-order valence-electron chi connectivity index (χ1n) is 8.37. The second kappa shape index (κ2) is 8.52. The highest BCUT2D eigenvalue weighted by Crippen LogP contribution is 2.13. The number of hydrogen-bond acceptors (Lipinski definition) is 4. The van der Waals surface area contributed by atoms with Crippen molar-refractivity contribution in [2.24, 2.45) is 0 Å². The first-order chi connectivity index (χ1) is 11.3. The highest BCUT2D eigenvalue weighted by molar-refractivity contribution is 7.99. The standard InChI is InChI=1S/C18H25N3OS/c22-18(17-14-23-15-19-17)21-12-10-20(11-13-21)9-5-4-8-16-6-2-1-3-7-16/h1-4,6-8,17,19H,5,9-15H2/b8-4+. The van der Waals surface area contributed by atoms with E-state index < -0.39 is 0 Å². The van der Waals surface area contributed by atoms with E-state index in [0.717, 1.165) is 50.8 Å². The third kappa shape index (κ3) is 4.83. The van der Waals surface area contributed by atoms with Crippen LogP contribution in [0, 0.1) is 0 Å². The summed E-state index contributed by atoms with van der Waals surface area (Å²) in [5, 5.41) is 3.27. The van der Waals surface area contributed by atoms with Gasteiger partial charge < -0.3 is 4.90 Å². The minimum Gasteiger partial charge on any atom is -0.339 e.